The van der Waals surface area contributed by atoms with Crippen LogP contribution in [0.2, 0.25) is 0 Å². The minimum Gasteiger partial charge on any atom is -0.491 e. The van der Waals surface area contributed by atoms with Crippen molar-refractivity contribution in [3.8, 4) is 5.75 Å². The highest BCUT2D eigenvalue weighted by atomic mass is 32.2. The third-order valence-electron chi connectivity index (χ3n) is 6.57. The lowest BCUT2D eigenvalue weighted by atomic mass is 10.1. The minimum atomic E-state index is -3.47. The molecule has 0 aliphatic carbocycles. The maximum atomic E-state index is 12.8. The highest BCUT2D eigenvalue weighted by Gasteiger charge is 2.21. The molecular formula is C27H32N4O4S2. The molecule has 1 fully saturated rings. The van der Waals surface area contributed by atoms with E-state index >= 15 is 0 Å². The van der Waals surface area contributed by atoms with Gasteiger partial charge < -0.3 is 9.84 Å². The van der Waals surface area contributed by atoms with E-state index in [1.807, 2.05) is 61.5 Å². The van der Waals surface area contributed by atoms with Gasteiger partial charge in [-0.2, -0.15) is 0 Å². The number of anilines is 1. The third-order valence-corrected chi connectivity index (χ3v) is 8.78. The average molecular weight is 541 g/mol. The second-order valence-corrected chi connectivity index (χ2v) is 12.5. The molecule has 8 nitrogen and oxygen atoms in total. The Morgan fingerprint density at radius 2 is 1.81 bits per heavy atom. The molecule has 1 aliphatic rings. The zero-order valence-electron chi connectivity index (χ0n) is 20.8. The Hall–Kier alpha value is -2.76. The second kappa shape index (κ2) is 11.3. The maximum Gasteiger partial charge on any atom is 0.234 e. The Morgan fingerprint density at radius 3 is 2.65 bits per heavy atom. The van der Waals surface area contributed by atoms with Crippen molar-refractivity contribution < 1.29 is 18.3 Å². The molecule has 37 heavy (non-hydrogen) atoms. The number of benzene rings is 3. The molecule has 0 unspecified atom stereocenters. The number of nitrogens with zero attached hydrogens (tertiary/aromatic N) is 3. The SMILES string of the molecule is Cc1nc2cc(OC[C@H](O)CN3CCN(CCS(=O)(=O)Nc4cccc5ccccc45)CC3)ccc2s1. The normalized spacial score (nSPS) is 16.3. The molecule has 0 saturated carbocycles. The molecule has 1 aromatic heterocycles. The van der Waals surface area contributed by atoms with Crippen LogP contribution in [-0.2, 0) is 10.0 Å². The van der Waals surface area contributed by atoms with E-state index in [0.29, 0.717) is 24.5 Å². The van der Waals surface area contributed by atoms with Crippen LogP contribution in [0, 0.1) is 6.92 Å². The van der Waals surface area contributed by atoms with E-state index in [4.69, 9.17) is 4.74 Å². The lowest BCUT2D eigenvalue weighted by Gasteiger charge is -2.35. The van der Waals surface area contributed by atoms with Crippen LogP contribution < -0.4 is 9.46 Å². The number of aliphatic hydroxyl groups is 1. The number of ether oxygens (including phenoxy) is 1. The van der Waals surface area contributed by atoms with E-state index < -0.39 is 16.1 Å². The summed E-state index contributed by atoms with van der Waals surface area (Å²) < 4.78 is 35.2. The van der Waals surface area contributed by atoms with Crippen LogP contribution in [0.5, 0.6) is 5.75 Å². The second-order valence-electron chi connectivity index (χ2n) is 9.42. The molecule has 0 spiro atoms. The molecule has 2 heterocycles. The van der Waals surface area contributed by atoms with Gasteiger partial charge in [-0.15, -0.1) is 11.3 Å². The summed E-state index contributed by atoms with van der Waals surface area (Å²) in [6.07, 6.45) is -0.607. The highest BCUT2D eigenvalue weighted by molar-refractivity contribution is 7.92. The van der Waals surface area contributed by atoms with Crippen LogP contribution in [0.4, 0.5) is 5.69 Å². The van der Waals surface area contributed by atoms with Crippen molar-refractivity contribution in [2.75, 3.05) is 56.4 Å². The van der Waals surface area contributed by atoms with Crippen molar-refractivity contribution >= 4 is 48.0 Å². The highest BCUT2D eigenvalue weighted by Crippen LogP contribution is 2.26. The molecule has 196 valence electrons. The molecule has 0 bridgehead atoms. The van der Waals surface area contributed by atoms with Crippen LogP contribution in [0.1, 0.15) is 5.01 Å². The van der Waals surface area contributed by atoms with Gasteiger partial charge >= 0.3 is 0 Å². The first kappa shape index (κ1) is 25.9. The molecule has 4 aromatic rings. The van der Waals surface area contributed by atoms with Crippen LogP contribution in [0.15, 0.2) is 60.7 Å². The minimum absolute atomic E-state index is 0.0372. The van der Waals surface area contributed by atoms with Gasteiger partial charge in [0.1, 0.15) is 18.5 Å². The Labute approximate surface area is 221 Å². The van der Waals surface area contributed by atoms with Gasteiger partial charge in [0.2, 0.25) is 10.0 Å². The van der Waals surface area contributed by atoms with Crippen LogP contribution in [-0.4, -0.2) is 86.0 Å². The van der Waals surface area contributed by atoms with Crippen molar-refractivity contribution in [2.24, 2.45) is 0 Å². The molecule has 0 radical (unpaired) electrons. The van der Waals surface area contributed by atoms with Crippen molar-refractivity contribution in [3.05, 3.63) is 65.7 Å². The predicted octanol–water partition coefficient (Wildman–Crippen LogP) is 3.56. The molecule has 2 N–H and O–H groups in total. The number of hydrogen-bond acceptors (Lipinski definition) is 8. The van der Waals surface area contributed by atoms with Gasteiger partial charge in [-0.05, 0) is 30.5 Å². The standard InChI is InChI=1S/C27H32N4O4S2/c1-20-28-26-17-23(9-10-27(26)36-20)35-19-22(32)18-31-13-11-30(12-14-31)15-16-37(33,34)29-25-8-4-6-21-5-2-3-7-24(21)25/h2-10,17,22,29,32H,11-16,18-19H2,1H3/t22-/m1/s1. The number of aryl methyl sites for hydroxylation is 1. The fraction of sp³-hybridized carbons (Fsp3) is 0.370. The number of rotatable bonds is 10. The van der Waals surface area contributed by atoms with E-state index in [2.05, 4.69) is 19.5 Å². The summed E-state index contributed by atoms with van der Waals surface area (Å²) in [5, 5.41) is 13.4. The topological polar surface area (TPSA) is 95.0 Å². The average Bonchev–Trinajstić information content (AvgIpc) is 3.26. The van der Waals surface area contributed by atoms with Crippen LogP contribution >= 0.6 is 11.3 Å². The van der Waals surface area contributed by atoms with E-state index in [9.17, 15) is 13.5 Å². The summed E-state index contributed by atoms with van der Waals surface area (Å²) in [6.45, 7) is 6.26. The number of nitrogens with one attached hydrogen (secondary N) is 1. The molecule has 1 aliphatic heterocycles. The third kappa shape index (κ3) is 6.77. The first-order chi connectivity index (χ1) is 17.8. The Morgan fingerprint density at radius 1 is 1.05 bits per heavy atom. The van der Waals surface area contributed by atoms with Gasteiger partial charge in [-0.3, -0.25) is 14.5 Å². The summed E-state index contributed by atoms with van der Waals surface area (Å²) in [5.41, 5.74) is 1.53. The molecule has 3 aromatic carbocycles. The fourth-order valence-corrected chi connectivity index (χ4v) is 6.55. The maximum absolute atomic E-state index is 12.8. The van der Waals surface area contributed by atoms with E-state index in [1.165, 1.54) is 0 Å². The van der Waals surface area contributed by atoms with Gasteiger partial charge in [0.25, 0.3) is 0 Å². The Balaban J connectivity index is 1.04. The number of piperazine rings is 1. The molecule has 1 saturated heterocycles. The zero-order chi connectivity index (χ0) is 25.8. The van der Waals surface area contributed by atoms with Gasteiger partial charge in [-0.1, -0.05) is 36.4 Å². The Kier molecular flexibility index (Phi) is 7.92. The van der Waals surface area contributed by atoms with E-state index in [1.54, 1.807) is 17.4 Å². The summed E-state index contributed by atoms with van der Waals surface area (Å²) in [6, 6.07) is 19.2. The number of aliphatic hydroxyl groups excluding tert-OH is 1. The number of β-amino-alcohol motifs (C(OH)–C–C–N with tert-alkyl or cyclic N) is 1. The summed E-state index contributed by atoms with van der Waals surface area (Å²) >= 11 is 1.65. The van der Waals surface area contributed by atoms with Gasteiger partial charge in [0, 0.05) is 50.7 Å². The van der Waals surface area contributed by atoms with E-state index in [-0.39, 0.29) is 12.4 Å². The molecule has 10 heteroatoms. The van der Waals surface area contributed by atoms with Gasteiger partial charge in [0.15, 0.2) is 0 Å². The molecule has 0 amide bonds. The quantitative estimate of drug-likeness (QED) is 0.318. The monoisotopic (exact) mass is 540 g/mol. The van der Waals surface area contributed by atoms with Gasteiger partial charge in [0.05, 0.1) is 26.7 Å². The van der Waals surface area contributed by atoms with Crippen molar-refractivity contribution in [1.29, 1.82) is 0 Å². The lowest BCUT2D eigenvalue weighted by molar-refractivity contribution is 0.0472. The number of sulfonamides is 1. The van der Waals surface area contributed by atoms with E-state index in [0.717, 1.165) is 52.2 Å². The number of thiazole rings is 1. The van der Waals surface area contributed by atoms with Crippen molar-refractivity contribution in [1.82, 2.24) is 14.8 Å². The first-order valence-electron chi connectivity index (χ1n) is 12.5. The fourth-order valence-electron chi connectivity index (χ4n) is 4.63. The summed E-state index contributed by atoms with van der Waals surface area (Å²) in [7, 11) is -3.47. The van der Waals surface area contributed by atoms with Crippen LogP contribution in [0.3, 0.4) is 0 Å². The largest absolute Gasteiger partial charge is 0.491 e. The van der Waals surface area contributed by atoms with Crippen LogP contribution in [0.25, 0.3) is 21.0 Å². The Bertz CT molecular complexity index is 1460. The number of hydrogen-bond donors (Lipinski definition) is 2. The number of fused-ring (bicyclic) bond motifs is 2. The molecule has 5 rings (SSSR count). The zero-order valence-corrected chi connectivity index (χ0v) is 22.5. The van der Waals surface area contributed by atoms with Crippen molar-refractivity contribution in [3.63, 3.8) is 0 Å². The first-order valence-corrected chi connectivity index (χ1v) is 14.9. The lowest BCUT2D eigenvalue weighted by Crippen LogP contribution is -2.50. The van der Waals surface area contributed by atoms with Crippen molar-refractivity contribution in [2.45, 2.75) is 13.0 Å². The molecule has 1 atom stereocenters. The van der Waals surface area contributed by atoms with Gasteiger partial charge in [-0.25, -0.2) is 13.4 Å². The summed E-state index contributed by atoms with van der Waals surface area (Å²) in [5.74, 6) is 0.746. The predicted molar refractivity (Wildman–Crippen MR) is 150 cm³/mol. The molecular weight excluding hydrogens is 508 g/mol. The number of aromatic nitrogens is 1. The smallest absolute Gasteiger partial charge is 0.234 e. The summed E-state index contributed by atoms with van der Waals surface area (Å²) in [4.78, 5) is 8.84.